The number of nitrogens with one attached hydrogen (secondary N) is 1. The van der Waals surface area contributed by atoms with Crippen LogP contribution in [-0.2, 0) is 24.2 Å². The van der Waals surface area contributed by atoms with E-state index in [0.29, 0.717) is 6.04 Å². The van der Waals surface area contributed by atoms with E-state index in [1.165, 1.54) is 35.3 Å². The van der Waals surface area contributed by atoms with Crippen LogP contribution in [0.15, 0.2) is 35.7 Å². The summed E-state index contributed by atoms with van der Waals surface area (Å²) in [5.41, 5.74) is 3.52. The molecule has 2 N–H and O–H groups in total. The number of fused-ring (bicyclic) bond motifs is 1. The zero-order valence-electron chi connectivity index (χ0n) is 11.8. The molecule has 1 unspecified atom stereocenters. The van der Waals surface area contributed by atoms with Crippen molar-refractivity contribution in [3.05, 3.63) is 57.3 Å². The molecule has 0 saturated heterocycles. The molecular formula is C17H19NO2S. The Hall–Kier alpha value is -1.65. The van der Waals surface area contributed by atoms with E-state index < -0.39 is 5.97 Å². The lowest BCUT2D eigenvalue weighted by Crippen LogP contribution is -2.23. The van der Waals surface area contributed by atoms with E-state index in [0.717, 1.165) is 12.1 Å². The molecule has 1 aliphatic rings. The van der Waals surface area contributed by atoms with E-state index in [9.17, 15) is 4.79 Å². The topological polar surface area (TPSA) is 49.3 Å². The van der Waals surface area contributed by atoms with E-state index in [1.54, 1.807) is 0 Å². The number of thiophene rings is 1. The van der Waals surface area contributed by atoms with Crippen LogP contribution < -0.4 is 5.32 Å². The Morgan fingerprint density at radius 3 is 2.76 bits per heavy atom. The van der Waals surface area contributed by atoms with E-state index in [-0.39, 0.29) is 6.42 Å². The van der Waals surface area contributed by atoms with Gasteiger partial charge in [0.2, 0.25) is 0 Å². The molecule has 0 spiro atoms. The van der Waals surface area contributed by atoms with E-state index in [1.807, 2.05) is 35.6 Å². The molecule has 3 rings (SSSR count). The van der Waals surface area contributed by atoms with Gasteiger partial charge in [0.15, 0.2) is 0 Å². The molecule has 4 heteroatoms. The first kappa shape index (κ1) is 14.3. The van der Waals surface area contributed by atoms with Gasteiger partial charge < -0.3 is 10.4 Å². The quantitative estimate of drug-likeness (QED) is 0.888. The molecule has 1 aromatic heterocycles. The molecule has 0 bridgehead atoms. The summed E-state index contributed by atoms with van der Waals surface area (Å²) in [6.07, 6.45) is 3.76. The zero-order chi connectivity index (χ0) is 14.7. The van der Waals surface area contributed by atoms with Crippen molar-refractivity contribution in [2.75, 3.05) is 0 Å². The van der Waals surface area contributed by atoms with Crippen LogP contribution in [0, 0.1) is 0 Å². The fraction of sp³-hybridized carbons (Fsp3) is 0.353. The van der Waals surface area contributed by atoms with Gasteiger partial charge in [0.1, 0.15) is 0 Å². The number of hydrogen-bond acceptors (Lipinski definition) is 3. The van der Waals surface area contributed by atoms with Crippen molar-refractivity contribution >= 4 is 17.3 Å². The second-order valence-electron chi connectivity index (χ2n) is 5.51. The number of hydrogen-bond donors (Lipinski definition) is 2. The molecule has 0 saturated carbocycles. The van der Waals surface area contributed by atoms with Gasteiger partial charge in [0.05, 0.1) is 6.42 Å². The SMILES string of the molecule is O=C(O)Cc1ccc(CNC2CCCc3sccc32)cc1. The summed E-state index contributed by atoms with van der Waals surface area (Å²) in [4.78, 5) is 12.2. The highest BCUT2D eigenvalue weighted by Gasteiger charge is 2.20. The summed E-state index contributed by atoms with van der Waals surface area (Å²) in [5.74, 6) is -0.784. The van der Waals surface area contributed by atoms with Crippen molar-refractivity contribution in [1.29, 1.82) is 0 Å². The van der Waals surface area contributed by atoms with Gasteiger partial charge in [-0.05, 0) is 47.4 Å². The molecule has 0 aliphatic heterocycles. The monoisotopic (exact) mass is 301 g/mol. The number of carboxylic acids is 1. The fourth-order valence-corrected chi connectivity index (χ4v) is 3.88. The van der Waals surface area contributed by atoms with Crippen molar-refractivity contribution in [2.45, 2.75) is 38.3 Å². The van der Waals surface area contributed by atoms with Crippen LogP contribution >= 0.6 is 11.3 Å². The lowest BCUT2D eigenvalue weighted by atomic mass is 9.94. The van der Waals surface area contributed by atoms with Gasteiger partial charge in [0.25, 0.3) is 0 Å². The van der Waals surface area contributed by atoms with Gasteiger partial charge in [-0.25, -0.2) is 0 Å². The lowest BCUT2D eigenvalue weighted by Gasteiger charge is -2.24. The smallest absolute Gasteiger partial charge is 0.307 e. The highest BCUT2D eigenvalue weighted by molar-refractivity contribution is 7.10. The van der Waals surface area contributed by atoms with Gasteiger partial charge in [-0.15, -0.1) is 11.3 Å². The number of benzene rings is 1. The lowest BCUT2D eigenvalue weighted by molar-refractivity contribution is -0.136. The highest BCUT2D eigenvalue weighted by atomic mass is 32.1. The standard InChI is InChI=1S/C17H19NO2S/c19-17(20)10-12-4-6-13(7-5-12)11-18-15-2-1-3-16-14(15)8-9-21-16/h4-9,15,18H,1-3,10-11H2,(H,19,20). The molecule has 0 radical (unpaired) electrons. The summed E-state index contributed by atoms with van der Waals surface area (Å²) in [6.45, 7) is 0.827. The third-order valence-corrected chi connectivity index (χ3v) is 4.98. The average Bonchev–Trinajstić information content (AvgIpc) is 2.95. The van der Waals surface area contributed by atoms with Crippen LogP contribution in [-0.4, -0.2) is 11.1 Å². The Labute approximate surface area is 128 Å². The second kappa shape index (κ2) is 6.41. The summed E-state index contributed by atoms with van der Waals surface area (Å²) in [6, 6.07) is 10.5. The van der Waals surface area contributed by atoms with Crippen molar-refractivity contribution in [2.24, 2.45) is 0 Å². The molecule has 0 amide bonds. The van der Waals surface area contributed by atoms with Crippen molar-refractivity contribution in [3.63, 3.8) is 0 Å². The minimum atomic E-state index is -0.784. The van der Waals surface area contributed by atoms with Gasteiger partial charge in [-0.3, -0.25) is 4.79 Å². The average molecular weight is 301 g/mol. The molecule has 1 aromatic carbocycles. The second-order valence-corrected chi connectivity index (χ2v) is 6.51. The van der Waals surface area contributed by atoms with Crippen LogP contribution in [0.2, 0.25) is 0 Å². The molecule has 0 fully saturated rings. The minimum absolute atomic E-state index is 0.0919. The van der Waals surface area contributed by atoms with Gasteiger partial charge in [0, 0.05) is 17.5 Å². The summed E-state index contributed by atoms with van der Waals surface area (Å²) in [5, 5.41) is 14.6. The maximum absolute atomic E-state index is 10.7. The van der Waals surface area contributed by atoms with E-state index >= 15 is 0 Å². The molecule has 1 aliphatic carbocycles. The Kier molecular flexibility index (Phi) is 4.36. The summed E-state index contributed by atoms with van der Waals surface area (Å²) < 4.78 is 0. The maximum atomic E-state index is 10.7. The van der Waals surface area contributed by atoms with Crippen LogP contribution in [0.5, 0.6) is 0 Å². The summed E-state index contributed by atoms with van der Waals surface area (Å²) >= 11 is 1.86. The largest absolute Gasteiger partial charge is 0.481 e. The van der Waals surface area contributed by atoms with E-state index in [4.69, 9.17) is 5.11 Å². The number of aryl methyl sites for hydroxylation is 1. The van der Waals surface area contributed by atoms with Crippen LogP contribution in [0.25, 0.3) is 0 Å². The number of carboxylic acid groups (broad SMARTS) is 1. The van der Waals surface area contributed by atoms with Gasteiger partial charge in [-0.1, -0.05) is 24.3 Å². The molecular weight excluding hydrogens is 282 g/mol. The van der Waals surface area contributed by atoms with Gasteiger partial charge in [-0.2, -0.15) is 0 Å². The Morgan fingerprint density at radius 2 is 2.00 bits per heavy atom. The van der Waals surface area contributed by atoms with Crippen molar-refractivity contribution < 1.29 is 9.90 Å². The van der Waals surface area contributed by atoms with E-state index in [2.05, 4.69) is 16.8 Å². The number of carbonyl (C=O) groups is 1. The molecule has 1 heterocycles. The predicted octanol–water partition coefficient (Wildman–Crippen LogP) is 3.54. The Bertz CT molecular complexity index is 618. The molecule has 3 nitrogen and oxygen atoms in total. The first-order valence-corrected chi connectivity index (χ1v) is 8.19. The first-order valence-electron chi connectivity index (χ1n) is 7.31. The van der Waals surface area contributed by atoms with Gasteiger partial charge >= 0.3 is 5.97 Å². The minimum Gasteiger partial charge on any atom is -0.481 e. The highest BCUT2D eigenvalue weighted by Crippen LogP contribution is 2.33. The normalized spacial score (nSPS) is 17.4. The van der Waals surface area contributed by atoms with Crippen molar-refractivity contribution in [1.82, 2.24) is 5.32 Å². The number of rotatable bonds is 5. The number of aliphatic carboxylic acids is 1. The van der Waals surface area contributed by atoms with Crippen molar-refractivity contribution in [3.8, 4) is 0 Å². The fourth-order valence-electron chi connectivity index (χ4n) is 2.89. The third kappa shape index (κ3) is 3.52. The zero-order valence-corrected chi connectivity index (χ0v) is 12.7. The molecule has 1 atom stereocenters. The maximum Gasteiger partial charge on any atom is 0.307 e. The van der Waals surface area contributed by atoms with Crippen LogP contribution in [0.3, 0.4) is 0 Å². The predicted molar refractivity (Wildman–Crippen MR) is 84.6 cm³/mol. The Morgan fingerprint density at radius 1 is 1.24 bits per heavy atom. The first-order chi connectivity index (χ1) is 10.2. The Balaban J connectivity index is 1.60. The van der Waals surface area contributed by atoms with Crippen LogP contribution in [0.4, 0.5) is 0 Å². The molecule has 21 heavy (non-hydrogen) atoms. The molecule has 110 valence electrons. The van der Waals surface area contributed by atoms with Crippen LogP contribution in [0.1, 0.15) is 40.5 Å². The summed E-state index contributed by atoms with van der Waals surface area (Å²) in [7, 11) is 0. The molecule has 2 aromatic rings. The third-order valence-electron chi connectivity index (χ3n) is 3.98.